The van der Waals surface area contributed by atoms with Crippen molar-refractivity contribution in [3.05, 3.63) is 60.3 Å². The van der Waals surface area contributed by atoms with Gasteiger partial charge in [0.25, 0.3) is 5.91 Å². The number of fused-ring (bicyclic) bond motifs is 1. The van der Waals surface area contributed by atoms with Crippen molar-refractivity contribution in [1.82, 2.24) is 25.0 Å². The Kier molecular flexibility index (Phi) is 4.47. The van der Waals surface area contributed by atoms with Crippen LogP contribution in [-0.4, -0.2) is 37.4 Å². The molecule has 2 N–H and O–H groups in total. The van der Waals surface area contributed by atoms with Gasteiger partial charge in [0.1, 0.15) is 17.1 Å². The molecule has 8 nitrogen and oxygen atoms in total. The average Bonchev–Trinajstić information content (AvgIpc) is 3.19. The number of rotatable bonds is 4. The number of imidazole rings is 1. The van der Waals surface area contributed by atoms with E-state index in [1.165, 1.54) is 0 Å². The van der Waals surface area contributed by atoms with Crippen molar-refractivity contribution in [2.24, 2.45) is 11.8 Å². The molecule has 7 rings (SSSR count). The standard InChI is InChI=1S/C25H27N5O3/c1-16-3-2-4-20(27-16)22(31)28-24-10-17-9-18(11-24)13-25(12-17,15-24)29-23(32)33-19-5-6-21-26-7-8-30(21)14-19/h2-8,14,17-18H,9-13,15H2,1H3,(H,28,31)(H,29,32). The number of carbonyl (C=O) groups is 2. The van der Waals surface area contributed by atoms with Crippen LogP contribution in [0.25, 0.3) is 5.65 Å². The zero-order valence-electron chi connectivity index (χ0n) is 18.6. The summed E-state index contributed by atoms with van der Waals surface area (Å²) in [6, 6.07) is 9.06. The van der Waals surface area contributed by atoms with Crippen LogP contribution < -0.4 is 15.4 Å². The molecular formula is C25H27N5O3. The van der Waals surface area contributed by atoms with Gasteiger partial charge in [-0.05, 0) is 81.5 Å². The molecule has 4 bridgehead atoms. The molecule has 3 heterocycles. The molecular weight excluding hydrogens is 418 g/mol. The van der Waals surface area contributed by atoms with Gasteiger partial charge < -0.3 is 19.8 Å². The van der Waals surface area contributed by atoms with Crippen molar-refractivity contribution in [3.8, 4) is 5.75 Å². The van der Waals surface area contributed by atoms with Crippen molar-refractivity contribution in [3.63, 3.8) is 0 Å². The van der Waals surface area contributed by atoms with Gasteiger partial charge in [-0.2, -0.15) is 0 Å². The Morgan fingerprint density at radius 2 is 1.82 bits per heavy atom. The first-order valence-corrected chi connectivity index (χ1v) is 11.6. The molecule has 2 amide bonds. The lowest BCUT2D eigenvalue weighted by atomic mass is 9.50. The van der Waals surface area contributed by atoms with E-state index in [4.69, 9.17) is 4.74 Å². The summed E-state index contributed by atoms with van der Waals surface area (Å²) in [5, 5.41) is 6.54. The largest absolute Gasteiger partial charge is 0.413 e. The fraction of sp³-hybridized carbons (Fsp3) is 0.440. The number of amides is 2. The lowest BCUT2D eigenvalue weighted by Crippen LogP contribution is -2.70. The van der Waals surface area contributed by atoms with E-state index in [9.17, 15) is 9.59 Å². The van der Waals surface area contributed by atoms with Crippen LogP contribution in [0.4, 0.5) is 4.79 Å². The first-order valence-electron chi connectivity index (χ1n) is 11.6. The SMILES string of the molecule is Cc1cccc(C(=O)NC23CC4CC(CC(NC(=O)Oc5ccc6nccn6c5)(C4)C2)C3)n1. The Labute approximate surface area is 191 Å². The lowest BCUT2D eigenvalue weighted by molar-refractivity contribution is -0.0449. The predicted octanol–water partition coefficient (Wildman–Crippen LogP) is 3.65. The molecule has 2 unspecified atom stereocenters. The van der Waals surface area contributed by atoms with Crippen LogP contribution in [0.1, 0.15) is 54.7 Å². The summed E-state index contributed by atoms with van der Waals surface area (Å²) in [6.07, 6.45) is 10.5. The number of pyridine rings is 2. The van der Waals surface area contributed by atoms with E-state index in [2.05, 4.69) is 20.6 Å². The number of ether oxygens (including phenoxy) is 1. The third-order valence-electron chi connectivity index (χ3n) is 7.50. The highest BCUT2D eigenvalue weighted by Gasteiger charge is 2.59. The summed E-state index contributed by atoms with van der Waals surface area (Å²) in [6.45, 7) is 1.89. The number of aryl methyl sites for hydroxylation is 1. The van der Waals surface area contributed by atoms with Crippen LogP contribution in [0, 0.1) is 18.8 Å². The van der Waals surface area contributed by atoms with Crippen LogP contribution in [0.5, 0.6) is 5.75 Å². The number of carbonyl (C=O) groups excluding carboxylic acids is 2. The van der Waals surface area contributed by atoms with Crippen molar-refractivity contribution in [2.45, 2.75) is 56.5 Å². The molecule has 2 atom stereocenters. The molecule has 4 fully saturated rings. The van der Waals surface area contributed by atoms with Crippen molar-refractivity contribution < 1.29 is 14.3 Å². The molecule has 3 aromatic heterocycles. The molecule has 4 aliphatic carbocycles. The zero-order chi connectivity index (χ0) is 22.6. The molecule has 33 heavy (non-hydrogen) atoms. The minimum absolute atomic E-state index is 0.132. The Morgan fingerprint density at radius 1 is 1.06 bits per heavy atom. The van der Waals surface area contributed by atoms with Gasteiger partial charge in [-0.25, -0.2) is 14.8 Å². The second kappa shape index (κ2) is 7.30. The van der Waals surface area contributed by atoms with Gasteiger partial charge in [0.15, 0.2) is 0 Å². The van der Waals surface area contributed by atoms with E-state index in [1.54, 1.807) is 24.5 Å². The molecule has 170 valence electrons. The third kappa shape index (κ3) is 3.73. The first kappa shape index (κ1) is 20.2. The van der Waals surface area contributed by atoms with Gasteiger partial charge >= 0.3 is 6.09 Å². The van der Waals surface area contributed by atoms with Crippen LogP contribution in [0.2, 0.25) is 0 Å². The van der Waals surface area contributed by atoms with E-state index in [0.29, 0.717) is 23.3 Å². The number of nitrogens with one attached hydrogen (secondary N) is 2. The maximum absolute atomic E-state index is 13.0. The molecule has 3 aromatic rings. The highest BCUT2D eigenvalue weighted by Crippen LogP contribution is 2.57. The van der Waals surface area contributed by atoms with Gasteiger partial charge in [0.2, 0.25) is 0 Å². The minimum atomic E-state index is -0.446. The highest BCUT2D eigenvalue weighted by molar-refractivity contribution is 5.92. The van der Waals surface area contributed by atoms with Crippen LogP contribution in [-0.2, 0) is 0 Å². The maximum Gasteiger partial charge on any atom is 0.413 e. The van der Waals surface area contributed by atoms with Crippen molar-refractivity contribution in [1.29, 1.82) is 0 Å². The van der Waals surface area contributed by atoms with E-state index in [1.807, 2.05) is 35.7 Å². The summed E-state index contributed by atoms with van der Waals surface area (Å²) in [7, 11) is 0. The third-order valence-corrected chi connectivity index (χ3v) is 7.50. The fourth-order valence-electron chi connectivity index (χ4n) is 6.84. The molecule has 0 saturated heterocycles. The van der Waals surface area contributed by atoms with Gasteiger partial charge in [0.05, 0.1) is 6.20 Å². The second-order valence-corrected chi connectivity index (χ2v) is 10.2. The van der Waals surface area contributed by atoms with Crippen molar-refractivity contribution in [2.75, 3.05) is 0 Å². The Morgan fingerprint density at radius 3 is 2.58 bits per heavy atom. The van der Waals surface area contributed by atoms with Gasteiger partial charge in [-0.1, -0.05) is 6.07 Å². The van der Waals surface area contributed by atoms with Gasteiger partial charge in [-0.3, -0.25) is 4.79 Å². The topological polar surface area (TPSA) is 97.6 Å². The first-order chi connectivity index (χ1) is 15.9. The monoisotopic (exact) mass is 445 g/mol. The zero-order valence-corrected chi connectivity index (χ0v) is 18.6. The summed E-state index contributed by atoms with van der Waals surface area (Å²) in [5.41, 5.74) is 1.40. The predicted molar refractivity (Wildman–Crippen MR) is 121 cm³/mol. The fourth-order valence-corrected chi connectivity index (χ4v) is 6.84. The van der Waals surface area contributed by atoms with E-state index in [0.717, 1.165) is 49.9 Å². The number of aromatic nitrogens is 3. The lowest BCUT2D eigenvalue weighted by Gasteiger charge is -2.62. The van der Waals surface area contributed by atoms with Crippen LogP contribution in [0.3, 0.4) is 0 Å². The number of hydrogen-bond acceptors (Lipinski definition) is 5. The van der Waals surface area contributed by atoms with Crippen LogP contribution in [0.15, 0.2) is 48.9 Å². The Bertz CT molecular complexity index is 1240. The van der Waals surface area contributed by atoms with Gasteiger partial charge in [0, 0.05) is 29.2 Å². The molecule has 4 saturated carbocycles. The number of hydrogen-bond donors (Lipinski definition) is 2. The Balaban J connectivity index is 1.19. The van der Waals surface area contributed by atoms with E-state index < -0.39 is 6.09 Å². The Hall–Kier alpha value is -3.42. The summed E-state index contributed by atoms with van der Waals surface area (Å²) < 4.78 is 7.45. The maximum atomic E-state index is 13.0. The summed E-state index contributed by atoms with van der Waals surface area (Å²) in [5.74, 6) is 1.31. The molecule has 0 radical (unpaired) electrons. The quantitative estimate of drug-likeness (QED) is 0.639. The van der Waals surface area contributed by atoms with Crippen LogP contribution >= 0.6 is 0 Å². The summed E-state index contributed by atoms with van der Waals surface area (Å²) >= 11 is 0. The van der Waals surface area contributed by atoms with E-state index in [-0.39, 0.29) is 17.0 Å². The molecule has 8 heteroatoms. The number of nitrogens with zero attached hydrogens (tertiary/aromatic N) is 3. The average molecular weight is 446 g/mol. The smallest absolute Gasteiger partial charge is 0.409 e. The molecule has 0 aromatic carbocycles. The minimum Gasteiger partial charge on any atom is -0.409 e. The molecule has 0 aliphatic heterocycles. The second-order valence-electron chi connectivity index (χ2n) is 10.2. The molecule has 4 aliphatic rings. The van der Waals surface area contributed by atoms with Gasteiger partial charge in [-0.15, -0.1) is 0 Å². The summed E-state index contributed by atoms with van der Waals surface area (Å²) in [4.78, 5) is 34.5. The highest BCUT2D eigenvalue weighted by atomic mass is 16.6. The van der Waals surface area contributed by atoms with Crippen molar-refractivity contribution >= 4 is 17.6 Å². The normalized spacial score (nSPS) is 29.7. The molecule has 0 spiro atoms. The van der Waals surface area contributed by atoms with E-state index >= 15 is 0 Å².